The van der Waals surface area contributed by atoms with Crippen molar-refractivity contribution in [3.63, 3.8) is 0 Å². The number of rotatable bonds is 5. The van der Waals surface area contributed by atoms with Gasteiger partial charge in [-0.05, 0) is 20.3 Å². The van der Waals surface area contributed by atoms with Crippen LogP contribution in [0.25, 0.3) is 0 Å². The summed E-state index contributed by atoms with van der Waals surface area (Å²) in [5.74, 6) is -1.06. The monoisotopic (exact) mass is 257 g/mol. The second-order valence-corrected chi connectivity index (χ2v) is 5.43. The molecule has 0 aliphatic rings. The molecule has 0 aliphatic carbocycles. The first-order chi connectivity index (χ1) is 7.79. The van der Waals surface area contributed by atoms with Gasteiger partial charge in [0, 0.05) is 18.0 Å². The van der Waals surface area contributed by atoms with E-state index < -0.39 is 12.0 Å². The Labute approximate surface area is 105 Å². The van der Waals surface area contributed by atoms with Crippen molar-refractivity contribution in [2.45, 2.75) is 38.8 Å². The summed E-state index contributed by atoms with van der Waals surface area (Å²) in [5.41, 5.74) is 5.92. The van der Waals surface area contributed by atoms with Crippen LogP contribution in [0.15, 0.2) is 5.38 Å². The van der Waals surface area contributed by atoms with Gasteiger partial charge in [-0.3, -0.25) is 4.79 Å². The van der Waals surface area contributed by atoms with E-state index in [1.54, 1.807) is 5.38 Å². The molecule has 3 N–H and O–H groups in total. The highest BCUT2D eigenvalue weighted by atomic mass is 32.1. The maximum atomic E-state index is 10.8. The molecule has 1 aromatic rings. The molecule has 1 rings (SSSR count). The largest absolute Gasteiger partial charge is 0.480 e. The number of anilines is 1. The van der Waals surface area contributed by atoms with E-state index in [1.807, 2.05) is 7.05 Å². The average molecular weight is 257 g/mol. The van der Waals surface area contributed by atoms with Crippen molar-refractivity contribution in [2.75, 3.05) is 11.9 Å². The maximum Gasteiger partial charge on any atom is 0.326 e. The topological polar surface area (TPSA) is 79.5 Å². The Morgan fingerprint density at radius 3 is 2.76 bits per heavy atom. The van der Waals surface area contributed by atoms with Gasteiger partial charge in [-0.1, -0.05) is 6.92 Å². The van der Waals surface area contributed by atoms with E-state index in [-0.39, 0.29) is 5.54 Å². The molecule has 1 atom stereocenters. The van der Waals surface area contributed by atoms with Crippen LogP contribution in [0.1, 0.15) is 38.9 Å². The van der Waals surface area contributed by atoms with E-state index in [0.717, 1.165) is 11.6 Å². The third-order valence-electron chi connectivity index (χ3n) is 3.15. The quantitative estimate of drug-likeness (QED) is 0.841. The van der Waals surface area contributed by atoms with Crippen molar-refractivity contribution in [1.29, 1.82) is 0 Å². The minimum absolute atomic E-state index is 0.0115. The molecule has 0 spiro atoms. The Balaban J connectivity index is 2.92. The normalized spacial score (nSPS) is 13.5. The molecule has 0 amide bonds. The van der Waals surface area contributed by atoms with Crippen LogP contribution in [0, 0.1) is 0 Å². The highest BCUT2D eigenvalue weighted by molar-refractivity contribution is 7.13. The van der Waals surface area contributed by atoms with E-state index in [4.69, 9.17) is 10.8 Å². The van der Waals surface area contributed by atoms with Gasteiger partial charge in [-0.25, -0.2) is 4.98 Å². The Morgan fingerprint density at radius 2 is 2.29 bits per heavy atom. The van der Waals surface area contributed by atoms with Crippen LogP contribution in [0.2, 0.25) is 0 Å². The first kappa shape index (κ1) is 13.9. The molecule has 0 aromatic carbocycles. The van der Waals surface area contributed by atoms with E-state index in [1.165, 1.54) is 11.3 Å². The highest BCUT2D eigenvalue weighted by Gasteiger charge is 2.25. The number of hydrogen-bond acceptors (Lipinski definition) is 5. The van der Waals surface area contributed by atoms with Crippen LogP contribution < -0.4 is 10.6 Å². The highest BCUT2D eigenvalue weighted by Crippen LogP contribution is 2.29. The molecule has 0 saturated carbocycles. The lowest BCUT2D eigenvalue weighted by atomic mass is 10.0. The predicted octanol–water partition coefficient (Wildman–Crippen LogP) is 1.85. The van der Waals surface area contributed by atoms with E-state index in [9.17, 15) is 4.79 Å². The van der Waals surface area contributed by atoms with Crippen molar-refractivity contribution in [3.8, 4) is 0 Å². The predicted molar refractivity (Wildman–Crippen MR) is 69.5 cm³/mol. The number of aliphatic carboxylic acids is 1. The number of carboxylic acids is 1. The summed E-state index contributed by atoms with van der Waals surface area (Å²) >= 11 is 1.42. The van der Waals surface area contributed by atoms with Gasteiger partial charge >= 0.3 is 5.97 Å². The molecule has 1 unspecified atom stereocenters. The first-order valence-corrected chi connectivity index (χ1v) is 6.35. The molecular weight excluding hydrogens is 238 g/mol. The molecule has 0 fully saturated rings. The molecule has 0 bridgehead atoms. The molecule has 5 nitrogen and oxygen atoms in total. The summed E-state index contributed by atoms with van der Waals surface area (Å²) in [6.07, 6.45) is 0.976. The molecule has 1 heterocycles. The van der Waals surface area contributed by atoms with E-state index in [2.05, 4.69) is 30.7 Å². The third-order valence-corrected chi connectivity index (χ3v) is 4.09. The van der Waals surface area contributed by atoms with Crippen molar-refractivity contribution in [3.05, 3.63) is 11.1 Å². The molecule has 1 aromatic heterocycles. The Morgan fingerprint density at radius 1 is 1.71 bits per heavy atom. The fourth-order valence-corrected chi connectivity index (χ4v) is 2.18. The van der Waals surface area contributed by atoms with Gasteiger partial charge in [0.2, 0.25) is 0 Å². The second kappa shape index (κ2) is 5.01. The van der Waals surface area contributed by atoms with Crippen LogP contribution in [0.5, 0.6) is 0 Å². The fraction of sp³-hybridized carbons (Fsp3) is 0.636. The lowest BCUT2D eigenvalue weighted by Gasteiger charge is -2.34. The van der Waals surface area contributed by atoms with Crippen LogP contribution >= 0.6 is 11.3 Å². The summed E-state index contributed by atoms with van der Waals surface area (Å²) in [6.45, 7) is 6.34. The van der Waals surface area contributed by atoms with Crippen molar-refractivity contribution < 1.29 is 9.90 Å². The summed E-state index contributed by atoms with van der Waals surface area (Å²) in [7, 11) is 1.96. The lowest BCUT2D eigenvalue weighted by Crippen LogP contribution is -2.40. The molecule has 0 aliphatic heterocycles. The van der Waals surface area contributed by atoms with Crippen LogP contribution in [0.3, 0.4) is 0 Å². The smallest absolute Gasteiger partial charge is 0.326 e. The lowest BCUT2D eigenvalue weighted by molar-refractivity contribution is -0.138. The van der Waals surface area contributed by atoms with Gasteiger partial charge in [0.25, 0.3) is 0 Å². The zero-order chi connectivity index (χ0) is 13.2. The number of thiazole rings is 1. The van der Waals surface area contributed by atoms with Gasteiger partial charge in [-0.2, -0.15) is 0 Å². The van der Waals surface area contributed by atoms with Crippen molar-refractivity contribution in [2.24, 2.45) is 5.73 Å². The number of hydrogen-bond donors (Lipinski definition) is 2. The van der Waals surface area contributed by atoms with Crippen molar-refractivity contribution >= 4 is 22.4 Å². The Bertz CT molecular complexity index is 403. The molecule has 0 radical (unpaired) electrons. The van der Waals surface area contributed by atoms with Crippen LogP contribution in [-0.4, -0.2) is 28.6 Å². The maximum absolute atomic E-state index is 10.8. The number of carbonyl (C=O) groups is 1. The molecular formula is C11H19N3O2S. The molecule has 17 heavy (non-hydrogen) atoms. The Hall–Kier alpha value is -1.14. The molecule has 6 heteroatoms. The zero-order valence-electron chi connectivity index (χ0n) is 10.6. The summed E-state index contributed by atoms with van der Waals surface area (Å²) < 4.78 is 0. The van der Waals surface area contributed by atoms with E-state index >= 15 is 0 Å². The standard InChI is InChI=1S/C11H19N3O2S/c1-5-11(2,3)14(4)10-13-7(6-17-10)8(12)9(15)16/h6,8H,5,12H2,1-4H3,(H,15,16). The van der Waals surface area contributed by atoms with Gasteiger partial charge in [0.05, 0.1) is 5.69 Å². The number of nitrogens with zero attached hydrogens (tertiary/aromatic N) is 2. The van der Waals surface area contributed by atoms with Gasteiger partial charge < -0.3 is 15.7 Å². The third kappa shape index (κ3) is 2.95. The van der Waals surface area contributed by atoms with E-state index in [0.29, 0.717) is 5.69 Å². The SMILES string of the molecule is CCC(C)(C)N(C)c1nc(C(N)C(=O)O)cs1. The fourth-order valence-electron chi connectivity index (χ4n) is 1.20. The zero-order valence-corrected chi connectivity index (χ0v) is 11.4. The van der Waals surface area contributed by atoms with Crippen LogP contribution in [-0.2, 0) is 4.79 Å². The first-order valence-electron chi connectivity index (χ1n) is 5.47. The second-order valence-electron chi connectivity index (χ2n) is 4.60. The van der Waals surface area contributed by atoms with Crippen molar-refractivity contribution in [1.82, 2.24) is 4.98 Å². The van der Waals surface area contributed by atoms with Crippen LogP contribution in [0.4, 0.5) is 5.13 Å². The van der Waals surface area contributed by atoms with Gasteiger partial charge in [0.15, 0.2) is 5.13 Å². The summed E-state index contributed by atoms with van der Waals surface area (Å²) in [4.78, 5) is 17.1. The average Bonchev–Trinajstić information content (AvgIpc) is 2.75. The summed E-state index contributed by atoms with van der Waals surface area (Å²) in [6, 6.07) is -1.04. The number of nitrogens with two attached hydrogens (primary N) is 1. The molecule has 0 saturated heterocycles. The van der Waals surface area contributed by atoms with Gasteiger partial charge in [0.1, 0.15) is 6.04 Å². The van der Waals surface area contributed by atoms with Gasteiger partial charge in [-0.15, -0.1) is 11.3 Å². The minimum atomic E-state index is -1.06. The molecule has 96 valence electrons. The number of carboxylic acid groups (broad SMARTS) is 1. The summed E-state index contributed by atoms with van der Waals surface area (Å²) in [5, 5.41) is 11.3. The Kier molecular flexibility index (Phi) is 4.11. The minimum Gasteiger partial charge on any atom is -0.480 e. The number of aromatic nitrogens is 1.